The molecule has 258 valence electrons. The third-order valence-corrected chi connectivity index (χ3v) is 12.0. The largest absolute Gasteiger partial charge is 0.310 e. The average molecular weight is 692 g/mol. The summed E-state index contributed by atoms with van der Waals surface area (Å²) in [6.07, 6.45) is 0. The van der Waals surface area contributed by atoms with Gasteiger partial charge in [-0.3, -0.25) is 0 Å². The second-order valence-electron chi connectivity index (χ2n) is 15.4. The number of rotatable bonds is 6. The van der Waals surface area contributed by atoms with Gasteiger partial charge in [-0.2, -0.15) is 0 Å². The van der Waals surface area contributed by atoms with Crippen molar-refractivity contribution in [3.05, 3.63) is 233 Å². The van der Waals surface area contributed by atoms with Crippen molar-refractivity contribution < 1.29 is 0 Å². The highest BCUT2D eigenvalue weighted by atomic mass is 15.1. The maximum Gasteiger partial charge on any atom is 0.0714 e. The molecule has 0 bridgehead atoms. The summed E-state index contributed by atoms with van der Waals surface area (Å²) in [5.41, 5.74) is 19.6. The van der Waals surface area contributed by atoms with E-state index >= 15 is 0 Å². The number of aryl methyl sites for hydroxylation is 1. The molecule has 8 aromatic carbocycles. The zero-order valence-electron chi connectivity index (χ0n) is 30.9. The van der Waals surface area contributed by atoms with Crippen LogP contribution in [-0.4, -0.2) is 0 Å². The fraction of sp³-hybridized carbons (Fsp3) is 0.0943. The van der Waals surface area contributed by atoms with Gasteiger partial charge in [-0.15, -0.1) is 0 Å². The summed E-state index contributed by atoms with van der Waals surface area (Å²) >= 11 is 0. The van der Waals surface area contributed by atoms with E-state index in [-0.39, 0.29) is 5.41 Å². The lowest BCUT2D eigenvalue weighted by Crippen LogP contribution is -2.28. The van der Waals surface area contributed by atoms with Crippen LogP contribution < -0.4 is 4.90 Å². The maximum absolute atomic E-state index is 2.50. The van der Waals surface area contributed by atoms with Crippen LogP contribution in [-0.2, 0) is 10.8 Å². The molecule has 54 heavy (non-hydrogen) atoms. The molecule has 0 fully saturated rings. The Hall–Kier alpha value is -6.44. The van der Waals surface area contributed by atoms with Crippen LogP contribution in [0.5, 0.6) is 0 Å². The molecule has 0 saturated carbocycles. The van der Waals surface area contributed by atoms with Crippen molar-refractivity contribution in [1.82, 2.24) is 0 Å². The van der Waals surface area contributed by atoms with Gasteiger partial charge in [-0.05, 0) is 98.5 Å². The standard InChI is InChI=1S/C53H41N/c1-36-25-27-37(28-26-36)38-29-31-41(32-30-38)54(42-33-34-44-43-19-10-12-21-46(43)52(2,3)49(44)35-42)50-24-14-23-48-51(50)45-20-11-13-22-47(45)53(48,39-15-6-4-7-16-39)40-17-8-5-9-18-40/h4-35H,1-3H3. The van der Waals surface area contributed by atoms with Crippen molar-refractivity contribution in [1.29, 1.82) is 0 Å². The number of nitrogens with zero attached hydrogens (tertiary/aromatic N) is 1. The molecule has 0 saturated heterocycles. The molecule has 10 rings (SSSR count). The van der Waals surface area contributed by atoms with E-state index in [2.05, 4.69) is 220 Å². The molecule has 0 amide bonds. The summed E-state index contributed by atoms with van der Waals surface area (Å²) in [6, 6.07) is 72.1. The van der Waals surface area contributed by atoms with Gasteiger partial charge in [-0.1, -0.05) is 183 Å². The molecule has 8 aromatic rings. The van der Waals surface area contributed by atoms with Crippen LogP contribution in [0.1, 0.15) is 52.8 Å². The summed E-state index contributed by atoms with van der Waals surface area (Å²) in [7, 11) is 0. The van der Waals surface area contributed by atoms with Gasteiger partial charge in [0.1, 0.15) is 0 Å². The van der Waals surface area contributed by atoms with E-state index in [9.17, 15) is 0 Å². The Morgan fingerprint density at radius 1 is 0.389 bits per heavy atom. The Kier molecular flexibility index (Phi) is 7.35. The average Bonchev–Trinajstić information content (AvgIpc) is 3.66. The molecule has 0 heterocycles. The Morgan fingerprint density at radius 3 is 1.57 bits per heavy atom. The van der Waals surface area contributed by atoms with E-state index in [4.69, 9.17) is 0 Å². The van der Waals surface area contributed by atoms with Crippen molar-refractivity contribution in [2.75, 3.05) is 4.90 Å². The maximum atomic E-state index is 2.50. The molecule has 0 unspecified atom stereocenters. The van der Waals surface area contributed by atoms with Gasteiger partial charge in [0, 0.05) is 22.4 Å². The quantitative estimate of drug-likeness (QED) is 0.168. The van der Waals surface area contributed by atoms with Gasteiger partial charge in [-0.25, -0.2) is 0 Å². The molecule has 0 atom stereocenters. The van der Waals surface area contributed by atoms with Gasteiger partial charge in [0.05, 0.1) is 11.1 Å². The third-order valence-electron chi connectivity index (χ3n) is 12.0. The van der Waals surface area contributed by atoms with Crippen LogP contribution in [0, 0.1) is 6.92 Å². The van der Waals surface area contributed by atoms with Gasteiger partial charge in [0.15, 0.2) is 0 Å². The van der Waals surface area contributed by atoms with Crippen LogP contribution in [0.15, 0.2) is 194 Å². The monoisotopic (exact) mass is 691 g/mol. The van der Waals surface area contributed by atoms with Crippen molar-refractivity contribution in [2.45, 2.75) is 31.6 Å². The van der Waals surface area contributed by atoms with Crippen molar-refractivity contribution in [3.63, 3.8) is 0 Å². The van der Waals surface area contributed by atoms with E-state index in [0.29, 0.717) is 0 Å². The molecular weight excluding hydrogens is 651 g/mol. The van der Waals surface area contributed by atoms with Gasteiger partial charge in [0.2, 0.25) is 0 Å². The molecule has 0 radical (unpaired) electrons. The Balaban J connectivity index is 1.24. The SMILES string of the molecule is Cc1ccc(-c2ccc(N(c3ccc4c(c3)C(C)(C)c3ccccc3-4)c3cccc4c3-c3ccccc3C4(c3ccccc3)c3ccccc3)cc2)cc1. The molecular formula is C53H41N. The fourth-order valence-electron chi connectivity index (χ4n) is 9.47. The summed E-state index contributed by atoms with van der Waals surface area (Å²) < 4.78 is 0. The smallest absolute Gasteiger partial charge is 0.0714 e. The highest BCUT2D eigenvalue weighted by Gasteiger charge is 2.47. The Labute approximate surface area is 318 Å². The first-order valence-corrected chi connectivity index (χ1v) is 19.0. The molecule has 2 aliphatic carbocycles. The van der Waals surface area contributed by atoms with E-state index in [1.165, 1.54) is 78.0 Å². The second-order valence-corrected chi connectivity index (χ2v) is 15.4. The molecule has 1 nitrogen and oxygen atoms in total. The number of anilines is 3. The van der Waals surface area contributed by atoms with Gasteiger partial charge >= 0.3 is 0 Å². The predicted molar refractivity (Wildman–Crippen MR) is 226 cm³/mol. The molecule has 0 N–H and O–H groups in total. The van der Waals surface area contributed by atoms with Crippen molar-refractivity contribution in [3.8, 4) is 33.4 Å². The molecule has 1 heteroatoms. The van der Waals surface area contributed by atoms with Crippen LogP contribution >= 0.6 is 0 Å². The van der Waals surface area contributed by atoms with Crippen molar-refractivity contribution in [2.24, 2.45) is 0 Å². The predicted octanol–water partition coefficient (Wildman–Crippen LogP) is 13.8. The summed E-state index contributed by atoms with van der Waals surface area (Å²) in [6.45, 7) is 6.88. The van der Waals surface area contributed by atoms with Crippen molar-refractivity contribution >= 4 is 17.1 Å². The topological polar surface area (TPSA) is 3.24 Å². The van der Waals surface area contributed by atoms with E-state index < -0.39 is 5.41 Å². The fourth-order valence-corrected chi connectivity index (χ4v) is 9.47. The highest BCUT2D eigenvalue weighted by Crippen LogP contribution is 2.60. The first kappa shape index (κ1) is 32.2. The lowest BCUT2D eigenvalue weighted by molar-refractivity contribution is 0.660. The number of benzene rings is 8. The third kappa shape index (κ3) is 4.71. The Bertz CT molecular complexity index is 2630. The van der Waals surface area contributed by atoms with E-state index in [1.807, 2.05) is 0 Å². The summed E-state index contributed by atoms with van der Waals surface area (Å²) in [4.78, 5) is 2.50. The first-order valence-electron chi connectivity index (χ1n) is 19.0. The first-order chi connectivity index (χ1) is 26.5. The van der Waals surface area contributed by atoms with E-state index in [0.717, 1.165) is 11.4 Å². The Morgan fingerprint density at radius 2 is 0.907 bits per heavy atom. The second kappa shape index (κ2) is 12.3. The summed E-state index contributed by atoms with van der Waals surface area (Å²) in [5.74, 6) is 0. The minimum absolute atomic E-state index is 0.121. The lowest BCUT2D eigenvalue weighted by Gasteiger charge is -2.34. The molecule has 0 spiro atoms. The number of hydrogen-bond donors (Lipinski definition) is 0. The van der Waals surface area contributed by atoms with Crippen LogP contribution in [0.2, 0.25) is 0 Å². The molecule has 0 aromatic heterocycles. The number of fused-ring (bicyclic) bond motifs is 6. The normalized spacial score (nSPS) is 14.1. The molecule has 0 aliphatic heterocycles. The highest BCUT2D eigenvalue weighted by molar-refractivity contribution is 5.98. The van der Waals surface area contributed by atoms with E-state index in [1.54, 1.807) is 0 Å². The number of hydrogen-bond acceptors (Lipinski definition) is 1. The van der Waals surface area contributed by atoms with Gasteiger partial charge in [0.25, 0.3) is 0 Å². The molecule has 2 aliphatic rings. The minimum atomic E-state index is -0.479. The zero-order chi connectivity index (χ0) is 36.4. The van der Waals surface area contributed by atoms with Crippen LogP contribution in [0.25, 0.3) is 33.4 Å². The van der Waals surface area contributed by atoms with Crippen LogP contribution in [0.4, 0.5) is 17.1 Å². The minimum Gasteiger partial charge on any atom is -0.310 e. The van der Waals surface area contributed by atoms with Gasteiger partial charge < -0.3 is 4.90 Å². The summed E-state index contributed by atoms with van der Waals surface area (Å²) in [5, 5.41) is 0. The zero-order valence-corrected chi connectivity index (χ0v) is 30.9. The lowest BCUT2D eigenvalue weighted by atomic mass is 9.68. The van der Waals surface area contributed by atoms with Crippen LogP contribution in [0.3, 0.4) is 0 Å².